The molecule has 2 N–H and O–H groups in total. The van der Waals surface area contributed by atoms with Crippen LogP contribution in [0.3, 0.4) is 0 Å². The van der Waals surface area contributed by atoms with E-state index in [4.69, 9.17) is 5.11 Å². The molecule has 2 aromatic rings. The van der Waals surface area contributed by atoms with E-state index >= 15 is 0 Å². The summed E-state index contributed by atoms with van der Waals surface area (Å²) in [6.45, 7) is -0.345. The molecule has 114 valence electrons. The summed E-state index contributed by atoms with van der Waals surface area (Å²) in [6, 6.07) is 18.4. The molecule has 0 heterocycles. The first-order valence-electron chi connectivity index (χ1n) is 6.91. The zero-order valence-electron chi connectivity index (χ0n) is 12.3. The molecule has 0 radical (unpaired) electrons. The normalized spacial score (nSPS) is 10.3. The minimum absolute atomic E-state index is 0.328. The molecule has 2 rings (SSSR count). The Morgan fingerprint density at radius 2 is 1.45 bits per heavy atom. The van der Waals surface area contributed by atoms with Gasteiger partial charge in [0.15, 0.2) is 0 Å². The molecule has 0 aliphatic heterocycles. The molecule has 0 aromatic heterocycles. The summed E-state index contributed by atoms with van der Waals surface area (Å²) in [5, 5.41) is 11.7. The Hall–Kier alpha value is -2.82. The lowest BCUT2D eigenvalue weighted by atomic mass is 9.99. The number of nitrogens with zero attached hydrogens (tertiary/aromatic N) is 1. The van der Waals surface area contributed by atoms with Crippen molar-refractivity contribution in [2.45, 2.75) is 6.04 Å². The monoisotopic (exact) mass is 298 g/mol. The summed E-state index contributed by atoms with van der Waals surface area (Å²) in [5.41, 5.74) is 1.87. The van der Waals surface area contributed by atoms with Gasteiger partial charge in [0.1, 0.15) is 6.54 Å². The Balaban J connectivity index is 2.23. The maximum absolute atomic E-state index is 12.2. The summed E-state index contributed by atoms with van der Waals surface area (Å²) in [5.74, 6) is -1.05. The highest BCUT2D eigenvalue weighted by Crippen LogP contribution is 2.21. The van der Waals surface area contributed by atoms with Crippen molar-refractivity contribution in [1.29, 1.82) is 0 Å². The van der Waals surface area contributed by atoms with E-state index in [1.54, 1.807) is 0 Å². The molecule has 0 aliphatic rings. The highest BCUT2D eigenvalue weighted by Gasteiger charge is 2.19. The fourth-order valence-electron chi connectivity index (χ4n) is 2.16. The number of carbonyl (C=O) groups is 2. The fourth-order valence-corrected chi connectivity index (χ4v) is 2.16. The number of rotatable bonds is 5. The lowest BCUT2D eigenvalue weighted by Crippen LogP contribution is -2.42. The summed E-state index contributed by atoms with van der Waals surface area (Å²) >= 11 is 0. The molecule has 2 amide bonds. The summed E-state index contributed by atoms with van der Waals surface area (Å²) in [4.78, 5) is 24.0. The first-order chi connectivity index (χ1) is 10.6. The minimum atomic E-state index is -1.05. The molecule has 2 aromatic carbocycles. The quantitative estimate of drug-likeness (QED) is 0.891. The van der Waals surface area contributed by atoms with Crippen molar-refractivity contribution < 1.29 is 14.7 Å². The first-order valence-corrected chi connectivity index (χ1v) is 6.91. The second-order valence-corrected chi connectivity index (χ2v) is 4.95. The SMILES string of the molecule is CN(CC(=O)O)C(=O)NC(c1ccccc1)c1ccccc1. The first kappa shape index (κ1) is 15.6. The van der Waals surface area contributed by atoms with Gasteiger partial charge in [-0.25, -0.2) is 4.79 Å². The number of urea groups is 1. The van der Waals surface area contributed by atoms with E-state index < -0.39 is 12.0 Å². The molecular weight excluding hydrogens is 280 g/mol. The van der Waals surface area contributed by atoms with Gasteiger partial charge < -0.3 is 15.3 Å². The Kier molecular flexibility index (Phi) is 5.14. The van der Waals surface area contributed by atoms with Gasteiger partial charge in [-0.1, -0.05) is 60.7 Å². The zero-order chi connectivity index (χ0) is 15.9. The van der Waals surface area contributed by atoms with Crippen LogP contribution < -0.4 is 5.32 Å². The van der Waals surface area contributed by atoms with Gasteiger partial charge in [-0.3, -0.25) is 4.79 Å². The zero-order valence-corrected chi connectivity index (χ0v) is 12.3. The third-order valence-electron chi connectivity index (χ3n) is 3.25. The van der Waals surface area contributed by atoms with Crippen LogP contribution in [0.2, 0.25) is 0 Å². The van der Waals surface area contributed by atoms with Crippen molar-refractivity contribution in [3.8, 4) is 0 Å². The van der Waals surface area contributed by atoms with Crippen LogP contribution in [0.15, 0.2) is 60.7 Å². The highest BCUT2D eigenvalue weighted by atomic mass is 16.4. The number of carboxylic acids is 1. The maximum atomic E-state index is 12.2. The van der Waals surface area contributed by atoms with Crippen LogP contribution in [0.5, 0.6) is 0 Å². The Labute approximate surface area is 129 Å². The van der Waals surface area contributed by atoms with Gasteiger partial charge in [0.2, 0.25) is 0 Å². The molecule has 0 fully saturated rings. The second-order valence-electron chi connectivity index (χ2n) is 4.95. The number of hydrogen-bond donors (Lipinski definition) is 2. The molecule has 0 saturated heterocycles. The van der Waals surface area contributed by atoms with Crippen LogP contribution in [0.4, 0.5) is 4.79 Å². The summed E-state index contributed by atoms with van der Waals surface area (Å²) in [6.07, 6.45) is 0. The molecule has 0 atom stereocenters. The van der Waals surface area contributed by atoms with Crippen LogP contribution in [0, 0.1) is 0 Å². The smallest absolute Gasteiger partial charge is 0.323 e. The van der Waals surface area contributed by atoms with Gasteiger partial charge in [-0.2, -0.15) is 0 Å². The number of benzene rings is 2. The molecule has 5 nitrogen and oxygen atoms in total. The van der Waals surface area contributed by atoms with E-state index in [1.165, 1.54) is 7.05 Å². The van der Waals surface area contributed by atoms with Crippen LogP contribution in [0.1, 0.15) is 17.2 Å². The van der Waals surface area contributed by atoms with Crippen molar-refractivity contribution >= 4 is 12.0 Å². The molecule has 0 spiro atoms. The van der Waals surface area contributed by atoms with E-state index in [9.17, 15) is 9.59 Å². The lowest BCUT2D eigenvalue weighted by Gasteiger charge is -2.23. The number of nitrogens with one attached hydrogen (secondary N) is 1. The number of aliphatic carboxylic acids is 1. The van der Waals surface area contributed by atoms with Crippen molar-refractivity contribution in [3.05, 3.63) is 71.8 Å². The van der Waals surface area contributed by atoms with Gasteiger partial charge in [0.05, 0.1) is 6.04 Å². The predicted molar refractivity (Wildman–Crippen MR) is 83.5 cm³/mol. The van der Waals surface area contributed by atoms with E-state index in [0.29, 0.717) is 0 Å². The van der Waals surface area contributed by atoms with Crippen LogP contribution in [0.25, 0.3) is 0 Å². The van der Waals surface area contributed by atoms with Crippen molar-refractivity contribution in [3.63, 3.8) is 0 Å². The molecule has 0 aliphatic carbocycles. The Bertz CT molecular complexity index is 589. The Morgan fingerprint density at radius 3 is 1.86 bits per heavy atom. The number of amides is 2. The van der Waals surface area contributed by atoms with Gasteiger partial charge in [0.25, 0.3) is 0 Å². The highest BCUT2D eigenvalue weighted by molar-refractivity contribution is 5.80. The number of likely N-dealkylation sites (N-methyl/N-ethyl adjacent to an activating group) is 1. The van der Waals surface area contributed by atoms with Gasteiger partial charge in [-0.05, 0) is 11.1 Å². The van der Waals surface area contributed by atoms with Gasteiger partial charge in [-0.15, -0.1) is 0 Å². The summed E-state index contributed by atoms with van der Waals surface area (Å²) in [7, 11) is 1.45. The van der Waals surface area contributed by atoms with Crippen molar-refractivity contribution in [2.24, 2.45) is 0 Å². The average molecular weight is 298 g/mol. The van der Waals surface area contributed by atoms with E-state index in [-0.39, 0.29) is 12.6 Å². The number of hydrogen-bond acceptors (Lipinski definition) is 2. The standard InChI is InChI=1S/C17H18N2O3/c1-19(12-15(20)21)17(22)18-16(13-8-4-2-5-9-13)14-10-6-3-7-11-14/h2-11,16H,12H2,1H3,(H,18,22)(H,20,21). The molecule has 0 unspecified atom stereocenters. The molecule has 0 saturated carbocycles. The lowest BCUT2D eigenvalue weighted by molar-refractivity contribution is -0.137. The van der Waals surface area contributed by atoms with Gasteiger partial charge in [0, 0.05) is 7.05 Å². The molecule has 22 heavy (non-hydrogen) atoms. The largest absolute Gasteiger partial charge is 0.480 e. The summed E-state index contributed by atoms with van der Waals surface area (Å²) < 4.78 is 0. The predicted octanol–water partition coefficient (Wildman–Crippen LogP) is 2.50. The van der Waals surface area contributed by atoms with Crippen LogP contribution >= 0.6 is 0 Å². The molecule has 5 heteroatoms. The topological polar surface area (TPSA) is 69.6 Å². The third-order valence-corrected chi connectivity index (χ3v) is 3.25. The van der Waals surface area contributed by atoms with Crippen molar-refractivity contribution in [1.82, 2.24) is 10.2 Å². The van der Waals surface area contributed by atoms with E-state index in [0.717, 1.165) is 16.0 Å². The minimum Gasteiger partial charge on any atom is -0.480 e. The van der Waals surface area contributed by atoms with E-state index in [1.807, 2.05) is 60.7 Å². The molecular formula is C17H18N2O3. The van der Waals surface area contributed by atoms with Crippen LogP contribution in [-0.2, 0) is 4.79 Å². The number of carboxylic acid groups (broad SMARTS) is 1. The fraction of sp³-hybridized carbons (Fsp3) is 0.176. The van der Waals surface area contributed by atoms with Crippen LogP contribution in [-0.4, -0.2) is 35.6 Å². The van der Waals surface area contributed by atoms with Crippen molar-refractivity contribution in [2.75, 3.05) is 13.6 Å². The molecule has 0 bridgehead atoms. The maximum Gasteiger partial charge on any atom is 0.323 e. The third kappa shape index (κ3) is 4.09. The average Bonchev–Trinajstić information content (AvgIpc) is 2.53. The van der Waals surface area contributed by atoms with Gasteiger partial charge >= 0.3 is 12.0 Å². The number of carbonyl (C=O) groups excluding carboxylic acids is 1. The second kappa shape index (κ2) is 7.26. The van der Waals surface area contributed by atoms with E-state index in [2.05, 4.69) is 5.32 Å². The Morgan fingerprint density at radius 1 is 1.00 bits per heavy atom.